The van der Waals surface area contributed by atoms with Crippen LogP contribution < -0.4 is 9.62 Å². The summed E-state index contributed by atoms with van der Waals surface area (Å²) in [6.07, 6.45) is -4.78. The summed E-state index contributed by atoms with van der Waals surface area (Å²) in [7, 11) is -4.59. The molecule has 1 atom stereocenters. The second-order valence-electron chi connectivity index (χ2n) is 9.03. The number of halogens is 6. The van der Waals surface area contributed by atoms with Crippen LogP contribution in [-0.2, 0) is 32.3 Å². The highest BCUT2D eigenvalue weighted by Gasteiger charge is 2.37. The van der Waals surface area contributed by atoms with Gasteiger partial charge in [-0.1, -0.05) is 66.0 Å². The van der Waals surface area contributed by atoms with Crippen LogP contribution >= 0.6 is 34.8 Å². The average Bonchev–Trinajstić information content (AvgIpc) is 2.93. The van der Waals surface area contributed by atoms with Crippen LogP contribution in [0.1, 0.15) is 31.4 Å². The van der Waals surface area contributed by atoms with Crippen molar-refractivity contribution in [1.82, 2.24) is 10.2 Å². The summed E-state index contributed by atoms with van der Waals surface area (Å²) < 4.78 is 69.4. The molecule has 3 rings (SSSR count). The van der Waals surface area contributed by atoms with Gasteiger partial charge >= 0.3 is 6.18 Å². The molecule has 0 saturated heterocycles. The monoisotopic (exact) mass is 663 g/mol. The lowest BCUT2D eigenvalue weighted by molar-refractivity contribution is -0.140. The number of likely N-dealkylation sites (N-methyl/N-ethyl adjacent to an activating group) is 1. The largest absolute Gasteiger partial charge is 0.417 e. The van der Waals surface area contributed by atoms with E-state index in [-0.39, 0.29) is 34.5 Å². The van der Waals surface area contributed by atoms with Crippen molar-refractivity contribution in [3.05, 3.63) is 92.9 Å². The Hall–Kier alpha value is -2.99. The van der Waals surface area contributed by atoms with Crippen LogP contribution in [0, 0.1) is 0 Å². The van der Waals surface area contributed by atoms with E-state index in [2.05, 4.69) is 5.32 Å². The molecule has 0 fully saturated rings. The molecule has 0 heterocycles. The predicted octanol–water partition coefficient (Wildman–Crippen LogP) is 6.80. The molecule has 14 heteroatoms. The molecule has 0 saturated carbocycles. The lowest BCUT2D eigenvalue weighted by Gasteiger charge is -2.33. The average molecular weight is 665 g/mol. The van der Waals surface area contributed by atoms with Crippen LogP contribution in [0.4, 0.5) is 18.9 Å². The molecule has 0 aliphatic carbocycles. The van der Waals surface area contributed by atoms with Crippen molar-refractivity contribution >= 4 is 62.3 Å². The summed E-state index contributed by atoms with van der Waals surface area (Å²) in [5, 5.41) is 2.40. The number of sulfonamides is 1. The Morgan fingerprint density at radius 3 is 2.07 bits per heavy atom. The Bertz CT molecular complexity index is 1520. The number of benzene rings is 3. The highest BCUT2D eigenvalue weighted by atomic mass is 35.5. The van der Waals surface area contributed by atoms with Crippen LogP contribution in [0.15, 0.2) is 71.6 Å². The number of nitrogens with zero attached hydrogens (tertiary/aromatic N) is 2. The van der Waals surface area contributed by atoms with E-state index in [0.717, 1.165) is 17.0 Å². The lowest BCUT2D eigenvalue weighted by Crippen LogP contribution is -2.52. The van der Waals surface area contributed by atoms with E-state index in [4.69, 9.17) is 34.8 Å². The zero-order chi connectivity index (χ0) is 31.2. The van der Waals surface area contributed by atoms with Crippen LogP contribution in [0.3, 0.4) is 0 Å². The van der Waals surface area contributed by atoms with Crippen LogP contribution in [0.25, 0.3) is 0 Å². The van der Waals surface area contributed by atoms with E-state index in [1.165, 1.54) is 36.4 Å². The molecule has 1 N–H and O–H groups in total. The third kappa shape index (κ3) is 7.69. The minimum atomic E-state index is -4.91. The Morgan fingerprint density at radius 2 is 1.52 bits per heavy atom. The summed E-state index contributed by atoms with van der Waals surface area (Å²) in [4.78, 5) is 27.9. The van der Waals surface area contributed by atoms with Crippen molar-refractivity contribution in [3.8, 4) is 0 Å². The van der Waals surface area contributed by atoms with E-state index in [1.807, 2.05) is 0 Å². The van der Waals surface area contributed by atoms with E-state index in [9.17, 15) is 31.2 Å². The molecule has 0 aromatic heterocycles. The number of rotatable bonds is 11. The molecule has 0 radical (unpaired) electrons. The SMILES string of the molecule is CCNC(=O)[C@H](CC)N(Cc1c(Cl)cccc1Cl)C(=O)CN(c1ccc(Cl)c(C(F)(F)F)c1)S(=O)(=O)c1ccccc1. The summed E-state index contributed by atoms with van der Waals surface area (Å²) in [6.45, 7) is 2.37. The zero-order valence-electron chi connectivity index (χ0n) is 22.5. The van der Waals surface area contributed by atoms with Crippen LogP contribution in [0.5, 0.6) is 0 Å². The van der Waals surface area contributed by atoms with E-state index in [1.54, 1.807) is 26.0 Å². The number of nitrogens with one attached hydrogen (secondary N) is 1. The molecular weight excluding hydrogens is 638 g/mol. The molecule has 7 nitrogen and oxygen atoms in total. The van der Waals surface area contributed by atoms with Crippen LogP contribution in [0.2, 0.25) is 15.1 Å². The molecule has 3 aromatic carbocycles. The van der Waals surface area contributed by atoms with Crippen molar-refractivity contribution in [2.75, 3.05) is 17.4 Å². The highest BCUT2D eigenvalue weighted by molar-refractivity contribution is 7.92. The summed E-state index contributed by atoms with van der Waals surface area (Å²) in [5.41, 5.74) is -1.43. The quantitative estimate of drug-likeness (QED) is 0.244. The third-order valence-electron chi connectivity index (χ3n) is 6.28. The standard InChI is InChI=1S/C28H27Cl3F3N3O4S/c1-3-25(27(39)35-4-2)36(16-20-22(29)11-8-12-23(20)30)26(38)17-37(42(40,41)19-9-6-5-7-10-19)18-13-14-24(31)21(15-18)28(32,33)34/h5-15,25H,3-4,16-17H2,1-2H3,(H,35,39)/t25-/m0/s1. The summed E-state index contributed by atoms with van der Waals surface area (Å²) in [5.74, 6) is -1.40. The number of carbonyl (C=O) groups excluding carboxylic acids is 2. The fourth-order valence-electron chi connectivity index (χ4n) is 4.20. The highest BCUT2D eigenvalue weighted by Crippen LogP contribution is 2.38. The van der Waals surface area contributed by atoms with E-state index in [0.29, 0.717) is 15.9 Å². The Balaban J connectivity index is 2.17. The number of anilines is 1. The molecule has 0 spiro atoms. The van der Waals surface area contributed by atoms with Crippen molar-refractivity contribution < 1.29 is 31.2 Å². The minimum absolute atomic E-state index is 0.129. The first kappa shape index (κ1) is 33.5. The maximum absolute atomic E-state index is 14.0. The van der Waals surface area contributed by atoms with Crippen molar-refractivity contribution in [2.45, 2.75) is 43.9 Å². The van der Waals surface area contributed by atoms with Gasteiger partial charge in [0.2, 0.25) is 11.8 Å². The van der Waals surface area contributed by atoms with Crippen molar-refractivity contribution in [3.63, 3.8) is 0 Å². The van der Waals surface area contributed by atoms with Gasteiger partial charge in [0.25, 0.3) is 10.0 Å². The van der Waals surface area contributed by atoms with E-state index >= 15 is 0 Å². The Kier molecular flexibility index (Phi) is 11.2. The third-order valence-corrected chi connectivity index (χ3v) is 9.11. The predicted molar refractivity (Wildman–Crippen MR) is 157 cm³/mol. The fraction of sp³-hybridized carbons (Fsp3) is 0.286. The van der Waals surface area contributed by atoms with Gasteiger partial charge in [-0.05, 0) is 55.8 Å². The van der Waals surface area contributed by atoms with Crippen LogP contribution in [-0.4, -0.2) is 44.3 Å². The number of amides is 2. The second-order valence-corrected chi connectivity index (χ2v) is 12.1. The first-order valence-corrected chi connectivity index (χ1v) is 15.2. The molecule has 0 aliphatic rings. The molecule has 0 bridgehead atoms. The molecule has 226 valence electrons. The Morgan fingerprint density at radius 1 is 0.905 bits per heavy atom. The number of carbonyl (C=O) groups is 2. The smallest absolute Gasteiger partial charge is 0.355 e. The van der Waals surface area contributed by atoms with Gasteiger partial charge in [0, 0.05) is 28.7 Å². The van der Waals surface area contributed by atoms with Gasteiger partial charge in [0.05, 0.1) is 21.2 Å². The maximum Gasteiger partial charge on any atom is 0.417 e. The number of hydrogen-bond donors (Lipinski definition) is 1. The molecule has 2 amide bonds. The van der Waals surface area contributed by atoms with Gasteiger partial charge in [-0.15, -0.1) is 0 Å². The van der Waals surface area contributed by atoms with Gasteiger partial charge < -0.3 is 10.2 Å². The van der Waals surface area contributed by atoms with Crippen molar-refractivity contribution in [2.24, 2.45) is 0 Å². The minimum Gasteiger partial charge on any atom is -0.355 e. The first-order valence-electron chi connectivity index (χ1n) is 12.7. The zero-order valence-corrected chi connectivity index (χ0v) is 25.5. The molecule has 0 unspecified atom stereocenters. The Labute approximate surface area is 257 Å². The second kappa shape index (κ2) is 14.0. The lowest BCUT2D eigenvalue weighted by atomic mass is 10.1. The van der Waals surface area contributed by atoms with Crippen molar-refractivity contribution in [1.29, 1.82) is 0 Å². The van der Waals surface area contributed by atoms with Gasteiger partial charge in [-0.25, -0.2) is 8.42 Å². The van der Waals surface area contributed by atoms with Gasteiger partial charge in [0.1, 0.15) is 12.6 Å². The fourth-order valence-corrected chi connectivity index (χ4v) is 6.37. The molecule has 3 aromatic rings. The molecule has 42 heavy (non-hydrogen) atoms. The summed E-state index contributed by atoms with van der Waals surface area (Å²) >= 11 is 18.5. The number of hydrogen-bond acceptors (Lipinski definition) is 4. The van der Waals surface area contributed by atoms with Gasteiger partial charge in [0.15, 0.2) is 0 Å². The molecular formula is C28H27Cl3F3N3O4S. The summed E-state index contributed by atoms with van der Waals surface area (Å²) in [6, 6.07) is 13.1. The normalized spacial score (nSPS) is 12.5. The van der Waals surface area contributed by atoms with Gasteiger partial charge in [-0.2, -0.15) is 13.2 Å². The number of alkyl halides is 3. The topological polar surface area (TPSA) is 86.8 Å². The van der Waals surface area contributed by atoms with Gasteiger partial charge in [-0.3, -0.25) is 13.9 Å². The van der Waals surface area contributed by atoms with E-state index < -0.39 is 56.9 Å². The molecule has 0 aliphatic heterocycles. The maximum atomic E-state index is 14.0. The first-order chi connectivity index (χ1) is 19.7.